The maximum atomic E-state index is 11.9. The molecule has 136 valence electrons. The number of aliphatic imine (C=N–C) groups is 1. The Bertz CT molecular complexity index is 376. The topological polar surface area (TPSA) is 102 Å². The first-order chi connectivity index (χ1) is 10.4. The molecule has 1 aliphatic rings. The number of unbranched alkanes of at least 4 members (excludes halogenated alkanes) is 3. The Balaban J connectivity index is 0.00000484. The number of rotatable bonds is 9. The highest BCUT2D eigenvalue weighted by Crippen LogP contribution is 2.46. The Morgan fingerprint density at radius 3 is 2.35 bits per heavy atom. The second kappa shape index (κ2) is 10.7. The average Bonchev–Trinajstić information content (AvgIpc) is 2.49. The fourth-order valence-electron chi connectivity index (χ4n) is 3.68. The number of halogens is 1. The number of hydrogen-bond donors (Lipinski definition) is 3. The minimum absolute atomic E-state index is 0. The standard InChI is InChI=1S/C17H33N3O2.ClH/c1-3-4-5-6-7-13(2)17(15(21)22)10-8-14(9-11-17)12-20-16(18)19;/h13-14H,3-12H2,1-2H3,(H,21,22)(H4,18,19,20);1H. The fourth-order valence-corrected chi connectivity index (χ4v) is 3.68. The molecule has 0 amide bonds. The zero-order chi connectivity index (χ0) is 16.6. The van der Waals surface area contributed by atoms with E-state index >= 15 is 0 Å². The van der Waals surface area contributed by atoms with Gasteiger partial charge in [0.2, 0.25) is 0 Å². The molecule has 1 saturated carbocycles. The molecule has 0 bridgehead atoms. The molecule has 0 spiro atoms. The maximum absolute atomic E-state index is 11.9. The van der Waals surface area contributed by atoms with Crippen molar-refractivity contribution in [2.45, 2.75) is 71.6 Å². The molecule has 1 rings (SSSR count). The van der Waals surface area contributed by atoms with E-state index in [1.54, 1.807) is 0 Å². The normalized spacial score (nSPS) is 25.2. The van der Waals surface area contributed by atoms with Crippen LogP contribution >= 0.6 is 12.4 Å². The SMILES string of the molecule is CCCCCCC(C)C1(C(=O)O)CCC(CN=C(N)N)CC1.Cl. The highest BCUT2D eigenvalue weighted by atomic mass is 35.5. The van der Waals surface area contributed by atoms with E-state index in [-0.39, 0.29) is 24.3 Å². The van der Waals surface area contributed by atoms with Crippen LogP contribution in [0.2, 0.25) is 0 Å². The summed E-state index contributed by atoms with van der Waals surface area (Å²) in [4.78, 5) is 16.0. The van der Waals surface area contributed by atoms with Gasteiger partial charge < -0.3 is 16.6 Å². The lowest BCUT2D eigenvalue weighted by molar-refractivity contribution is -0.156. The van der Waals surface area contributed by atoms with Crippen molar-refractivity contribution in [3.63, 3.8) is 0 Å². The number of carboxylic acids is 1. The molecule has 0 aliphatic heterocycles. The van der Waals surface area contributed by atoms with Gasteiger partial charge in [-0.15, -0.1) is 12.4 Å². The number of guanidine groups is 1. The molecule has 5 nitrogen and oxygen atoms in total. The lowest BCUT2D eigenvalue weighted by Gasteiger charge is -2.41. The van der Waals surface area contributed by atoms with Crippen molar-refractivity contribution >= 4 is 24.3 Å². The lowest BCUT2D eigenvalue weighted by Crippen LogP contribution is -2.41. The van der Waals surface area contributed by atoms with Gasteiger partial charge in [-0.05, 0) is 43.9 Å². The summed E-state index contributed by atoms with van der Waals surface area (Å²) in [7, 11) is 0. The fraction of sp³-hybridized carbons (Fsp3) is 0.882. The molecule has 0 radical (unpaired) electrons. The minimum atomic E-state index is -0.615. The molecule has 23 heavy (non-hydrogen) atoms. The van der Waals surface area contributed by atoms with E-state index in [1.165, 1.54) is 19.3 Å². The van der Waals surface area contributed by atoms with E-state index in [2.05, 4.69) is 18.8 Å². The van der Waals surface area contributed by atoms with Gasteiger partial charge in [0.15, 0.2) is 5.96 Å². The molecule has 5 N–H and O–H groups in total. The van der Waals surface area contributed by atoms with Gasteiger partial charge in [-0.3, -0.25) is 9.79 Å². The van der Waals surface area contributed by atoms with Crippen molar-refractivity contribution in [1.29, 1.82) is 0 Å². The summed E-state index contributed by atoms with van der Waals surface area (Å²) in [6.45, 7) is 4.94. The summed E-state index contributed by atoms with van der Waals surface area (Å²) in [6.07, 6.45) is 9.14. The predicted octanol–water partition coefficient (Wildman–Crippen LogP) is 3.55. The molecule has 1 atom stereocenters. The van der Waals surface area contributed by atoms with E-state index in [0.717, 1.165) is 38.5 Å². The first kappa shape index (κ1) is 22.0. The van der Waals surface area contributed by atoms with E-state index in [4.69, 9.17) is 11.5 Å². The number of carbonyl (C=O) groups is 1. The Hall–Kier alpha value is -0.970. The van der Waals surface area contributed by atoms with Crippen LogP contribution in [0.5, 0.6) is 0 Å². The smallest absolute Gasteiger partial charge is 0.309 e. The monoisotopic (exact) mass is 347 g/mol. The highest BCUT2D eigenvalue weighted by Gasteiger charge is 2.45. The molecule has 0 aromatic rings. The van der Waals surface area contributed by atoms with Gasteiger partial charge in [-0.1, -0.05) is 39.5 Å². The Morgan fingerprint density at radius 2 is 1.87 bits per heavy atom. The number of hydrogen-bond acceptors (Lipinski definition) is 2. The quantitative estimate of drug-likeness (QED) is 0.337. The van der Waals surface area contributed by atoms with Crippen LogP contribution in [0.4, 0.5) is 0 Å². The second-order valence-corrected chi connectivity index (χ2v) is 6.92. The zero-order valence-electron chi connectivity index (χ0n) is 14.6. The van der Waals surface area contributed by atoms with Crippen LogP contribution in [0.1, 0.15) is 71.6 Å². The van der Waals surface area contributed by atoms with Crippen molar-refractivity contribution in [1.82, 2.24) is 0 Å². The third-order valence-electron chi connectivity index (χ3n) is 5.39. The number of carboxylic acid groups (broad SMARTS) is 1. The van der Waals surface area contributed by atoms with Gasteiger partial charge >= 0.3 is 5.97 Å². The summed E-state index contributed by atoms with van der Waals surface area (Å²) in [5, 5.41) is 9.80. The Labute approximate surface area is 146 Å². The molecule has 0 aromatic carbocycles. The second-order valence-electron chi connectivity index (χ2n) is 6.92. The molecule has 1 unspecified atom stereocenters. The molecular formula is C17H34ClN3O2. The van der Waals surface area contributed by atoms with Crippen LogP contribution in [0.15, 0.2) is 4.99 Å². The number of nitrogens with zero attached hydrogens (tertiary/aromatic N) is 1. The summed E-state index contributed by atoms with van der Waals surface area (Å²) < 4.78 is 0. The minimum Gasteiger partial charge on any atom is -0.481 e. The van der Waals surface area contributed by atoms with E-state index in [9.17, 15) is 9.90 Å². The summed E-state index contributed by atoms with van der Waals surface area (Å²) in [5.41, 5.74) is 10.2. The van der Waals surface area contributed by atoms with Gasteiger partial charge in [0.25, 0.3) is 0 Å². The van der Waals surface area contributed by atoms with Gasteiger partial charge in [0.1, 0.15) is 0 Å². The van der Waals surface area contributed by atoms with Crippen molar-refractivity contribution in [3.8, 4) is 0 Å². The highest BCUT2D eigenvalue weighted by molar-refractivity contribution is 5.85. The summed E-state index contributed by atoms with van der Waals surface area (Å²) in [6, 6.07) is 0. The zero-order valence-corrected chi connectivity index (χ0v) is 15.4. The van der Waals surface area contributed by atoms with Crippen molar-refractivity contribution in [2.75, 3.05) is 6.54 Å². The predicted molar refractivity (Wildman–Crippen MR) is 97.9 cm³/mol. The largest absolute Gasteiger partial charge is 0.481 e. The van der Waals surface area contributed by atoms with Crippen molar-refractivity contribution in [2.24, 2.45) is 33.7 Å². The molecule has 1 aliphatic carbocycles. The third kappa shape index (κ3) is 6.58. The number of nitrogens with two attached hydrogens (primary N) is 2. The Kier molecular flexibility index (Phi) is 10.3. The molecule has 0 saturated heterocycles. The number of aliphatic carboxylic acids is 1. The van der Waals surface area contributed by atoms with Crippen molar-refractivity contribution < 1.29 is 9.90 Å². The first-order valence-corrected chi connectivity index (χ1v) is 8.71. The molecule has 6 heteroatoms. The van der Waals surface area contributed by atoms with Crippen LogP contribution in [0, 0.1) is 17.3 Å². The van der Waals surface area contributed by atoms with Gasteiger partial charge in [0.05, 0.1) is 5.41 Å². The van der Waals surface area contributed by atoms with Crippen LogP contribution < -0.4 is 11.5 Å². The summed E-state index contributed by atoms with van der Waals surface area (Å²) in [5.74, 6) is 0.169. The van der Waals surface area contributed by atoms with Crippen LogP contribution in [-0.2, 0) is 4.79 Å². The van der Waals surface area contributed by atoms with Gasteiger partial charge in [0, 0.05) is 6.54 Å². The molecule has 1 fully saturated rings. The van der Waals surface area contributed by atoms with Crippen molar-refractivity contribution in [3.05, 3.63) is 0 Å². The van der Waals surface area contributed by atoms with E-state index in [0.29, 0.717) is 12.5 Å². The molecular weight excluding hydrogens is 314 g/mol. The maximum Gasteiger partial charge on any atom is 0.309 e. The summed E-state index contributed by atoms with van der Waals surface area (Å²) >= 11 is 0. The van der Waals surface area contributed by atoms with Crippen LogP contribution in [-0.4, -0.2) is 23.6 Å². The lowest BCUT2D eigenvalue weighted by atomic mass is 9.63. The van der Waals surface area contributed by atoms with Crippen LogP contribution in [0.25, 0.3) is 0 Å². The van der Waals surface area contributed by atoms with E-state index < -0.39 is 11.4 Å². The average molecular weight is 348 g/mol. The Morgan fingerprint density at radius 1 is 1.26 bits per heavy atom. The van der Waals surface area contributed by atoms with Crippen LogP contribution in [0.3, 0.4) is 0 Å². The molecule has 0 aromatic heterocycles. The van der Waals surface area contributed by atoms with E-state index in [1.807, 2.05) is 0 Å². The first-order valence-electron chi connectivity index (χ1n) is 8.71. The van der Waals surface area contributed by atoms with Gasteiger partial charge in [-0.2, -0.15) is 0 Å². The van der Waals surface area contributed by atoms with Gasteiger partial charge in [-0.25, -0.2) is 0 Å². The third-order valence-corrected chi connectivity index (χ3v) is 5.39. The molecule has 0 heterocycles.